The minimum Gasteiger partial charge on any atom is -0.454 e. The van der Waals surface area contributed by atoms with E-state index in [-0.39, 0.29) is 30.8 Å². The molecule has 4 rings (SSSR count). The summed E-state index contributed by atoms with van der Waals surface area (Å²) in [7, 11) is 1.54. The molecule has 2 fully saturated rings. The van der Waals surface area contributed by atoms with Crippen LogP contribution < -0.4 is 9.47 Å². The van der Waals surface area contributed by atoms with E-state index in [0.717, 1.165) is 56.9 Å². The zero-order chi connectivity index (χ0) is 18.9. The van der Waals surface area contributed by atoms with Gasteiger partial charge in [0.15, 0.2) is 11.5 Å². The number of carbonyl (C=O) groups is 1. The molecule has 148 valence electrons. The SMILES string of the molecule is COCC(=O)N1CCC[C@@]2(CN(Cc3ccc4c(c3)OCO4)CC[C@H]2O)C1. The Kier molecular flexibility index (Phi) is 5.25. The van der Waals surface area contributed by atoms with Crippen LogP contribution in [0.1, 0.15) is 24.8 Å². The minimum atomic E-state index is -0.372. The Morgan fingerprint density at radius 1 is 1.30 bits per heavy atom. The Morgan fingerprint density at radius 3 is 3.00 bits per heavy atom. The summed E-state index contributed by atoms with van der Waals surface area (Å²) in [6, 6.07) is 6.06. The third kappa shape index (κ3) is 3.77. The van der Waals surface area contributed by atoms with E-state index < -0.39 is 0 Å². The maximum atomic E-state index is 12.3. The van der Waals surface area contributed by atoms with Crippen LogP contribution in [0.15, 0.2) is 18.2 Å². The predicted molar refractivity (Wildman–Crippen MR) is 98.6 cm³/mol. The van der Waals surface area contributed by atoms with Gasteiger partial charge in [-0.2, -0.15) is 0 Å². The van der Waals surface area contributed by atoms with E-state index >= 15 is 0 Å². The first kappa shape index (κ1) is 18.5. The molecule has 1 spiro atoms. The lowest BCUT2D eigenvalue weighted by Gasteiger charge is -2.51. The van der Waals surface area contributed by atoms with Crippen molar-refractivity contribution in [3.8, 4) is 11.5 Å². The topological polar surface area (TPSA) is 71.5 Å². The molecule has 3 heterocycles. The van der Waals surface area contributed by atoms with Gasteiger partial charge < -0.3 is 24.2 Å². The summed E-state index contributed by atoms with van der Waals surface area (Å²) >= 11 is 0. The van der Waals surface area contributed by atoms with Gasteiger partial charge in [-0.05, 0) is 37.0 Å². The molecule has 2 atom stereocenters. The van der Waals surface area contributed by atoms with E-state index in [2.05, 4.69) is 11.0 Å². The van der Waals surface area contributed by atoms with Gasteiger partial charge in [-0.25, -0.2) is 0 Å². The van der Waals surface area contributed by atoms with Crippen molar-refractivity contribution in [2.75, 3.05) is 46.7 Å². The maximum absolute atomic E-state index is 12.3. The Hall–Kier alpha value is -1.83. The first-order valence-electron chi connectivity index (χ1n) is 9.65. The molecular formula is C20H28N2O5. The Labute approximate surface area is 159 Å². The molecule has 1 aromatic rings. The van der Waals surface area contributed by atoms with Gasteiger partial charge >= 0.3 is 0 Å². The van der Waals surface area contributed by atoms with Crippen molar-refractivity contribution in [2.45, 2.75) is 31.9 Å². The van der Waals surface area contributed by atoms with Crippen LogP contribution in [0.4, 0.5) is 0 Å². The van der Waals surface area contributed by atoms with Gasteiger partial charge in [-0.1, -0.05) is 6.07 Å². The fourth-order valence-corrected chi connectivity index (χ4v) is 4.66. The van der Waals surface area contributed by atoms with Gasteiger partial charge in [0.1, 0.15) is 6.61 Å². The van der Waals surface area contributed by atoms with Crippen LogP contribution in [-0.4, -0.2) is 73.6 Å². The van der Waals surface area contributed by atoms with Crippen LogP contribution in [0.5, 0.6) is 11.5 Å². The summed E-state index contributed by atoms with van der Waals surface area (Å²) in [4.78, 5) is 16.5. The molecule has 3 aliphatic rings. The molecule has 1 aromatic carbocycles. The van der Waals surface area contributed by atoms with Gasteiger partial charge in [-0.3, -0.25) is 9.69 Å². The largest absolute Gasteiger partial charge is 0.454 e. The molecule has 3 aliphatic heterocycles. The van der Waals surface area contributed by atoms with Crippen molar-refractivity contribution in [3.05, 3.63) is 23.8 Å². The van der Waals surface area contributed by atoms with Crippen LogP contribution in [-0.2, 0) is 16.1 Å². The van der Waals surface area contributed by atoms with Crippen LogP contribution in [0.25, 0.3) is 0 Å². The number of piperidine rings is 2. The number of methoxy groups -OCH3 is 1. The monoisotopic (exact) mass is 376 g/mol. The summed E-state index contributed by atoms with van der Waals surface area (Å²) in [6.07, 6.45) is 2.23. The number of aliphatic hydroxyl groups excluding tert-OH is 1. The second-order valence-electron chi connectivity index (χ2n) is 7.92. The third-order valence-corrected chi connectivity index (χ3v) is 6.04. The van der Waals surface area contributed by atoms with Gasteiger partial charge in [-0.15, -0.1) is 0 Å². The molecule has 0 aliphatic carbocycles. The summed E-state index contributed by atoms with van der Waals surface area (Å²) in [5.41, 5.74) is 0.921. The van der Waals surface area contributed by atoms with Crippen molar-refractivity contribution in [2.24, 2.45) is 5.41 Å². The van der Waals surface area contributed by atoms with Crippen LogP contribution in [0.3, 0.4) is 0 Å². The lowest BCUT2D eigenvalue weighted by Crippen LogP contribution is -2.59. The highest BCUT2D eigenvalue weighted by Crippen LogP contribution is 2.40. The Balaban J connectivity index is 1.45. The predicted octanol–water partition coefficient (Wildman–Crippen LogP) is 1.24. The number of ether oxygens (including phenoxy) is 3. The Morgan fingerprint density at radius 2 is 2.15 bits per heavy atom. The van der Waals surface area contributed by atoms with Crippen LogP contribution >= 0.6 is 0 Å². The quantitative estimate of drug-likeness (QED) is 0.853. The number of rotatable bonds is 4. The van der Waals surface area contributed by atoms with E-state index in [1.165, 1.54) is 5.56 Å². The van der Waals surface area contributed by atoms with E-state index in [9.17, 15) is 9.90 Å². The number of hydrogen-bond donors (Lipinski definition) is 1. The molecule has 27 heavy (non-hydrogen) atoms. The number of fused-ring (bicyclic) bond motifs is 1. The molecule has 0 bridgehead atoms. The van der Waals surface area contributed by atoms with E-state index in [1.807, 2.05) is 17.0 Å². The molecule has 7 heteroatoms. The highest BCUT2D eigenvalue weighted by molar-refractivity contribution is 5.77. The minimum absolute atomic E-state index is 0.0108. The number of likely N-dealkylation sites (tertiary alicyclic amines) is 2. The normalized spacial score (nSPS) is 27.9. The number of nitrogens with zero attached hydrogens (tertiary/aromatic N) is 2. The molecular weight excluding hydrogens is 348 g/mol. The summed E-state index contributed by atoms with van der Waals surface area (Å²) in [5.74, 6) is 1.61. The molecule has 1 N–H and O–H groups in total. The molecule has 2 saturated heterocycles. The second-order valence-corrected chi connectivity index (χ2v) is 7.92. The zero-order valence-electron chi connectivity index (χ0n) is 15.9. The molecule has 1 amide bonds. The van der Waals surface area contributed by atoms with Gasteiger partial charge in [0.05, 0.1) is 6.10 Å². The number of aliphatic hydroxyl groups is 1. The number of amides is 1. The van der Waals surface area contributed by atoms with Crippen molar-refractivity contribution in [1.82, 2.24) is 9.80 Å². The average molecular weight is 376 g/mol. The van der Waals surface area contributed by atoms with E-state index in [0.29, 0.717) is 6.54 Å². The molecule has 0 saturated carbocycles. The molecule has 0 radical (unpaired) electrons. The lowest BCUT2D eigenvalue weighted by atomic mass is 9.71. The average Bonchev–Trinajstić information content (AvgIpc) is 3.13. The van der Waals surface area contributed by atoms with Gasteiger partial charge in [0.25, 0.3) is 0 Å². The zero-order valence-corrected chi connectivity index (χ0v) is 15.9. The van der Waals surface area contributed by atoms with E-state index in [1.54, 1.807) is 7.11 Å². The molecule has 0 aromatic heterocycles. The van der Waals surface area contributed by atoms with Gasteiger partial charge in [0.2, 0.25) is 12.7 Å². The first-order valence-corrected chi connectivity index (χ1v) is 9.65. The third-order valence-electron chi connectivity index (χ3n) is 6.04. The fraction of sp³-hybridized carbons (Fsp3) is 0.650. The summed E-state index contributed by atoms with van der Waals surface area (Å²) in [5, 5.41) is 10.8. The number of carbonyl (C=O) groups excluding carboxylic acids is 1. The smallest absolute Gasteiger partial charge is 0.248 e. The van der Waals surface area contributed by atoms with Crippen molar-refractivity contribution < 1.29 is 24.1 Å². The highest BCUT2D eigenvalue weighted by atomic mass is 16.7. The van der Waals surface area contributed by atoms with Crippen molar-refractivity contribution >= 4 is 5.91 Å². The molecule has 7 nitrogen and oxygen atoms in total. The van der Waals surface area contributed by atoms with Gasteiger partial charge in [0, 0.05) is 45.2 Å². The van der Waals surface area contributed by atoms with Crippen LogP contribution in [0, 0.1) is 5.41 Å². The number of benzene rings is 1. The molecule has 0 unspecified atom stereocenters. The number of hydrogen-bond acceptors (Lipinski definition) is 6. The second kappa shape index (κ2) is 7.66. The maximum Gasteiger partial charge on any atom is 0.248 e. The summed E-state index contributed by atoms with van der Waals surface area (Å²) in [6.45, 7) is 4.18. The highest BCUT2D eigenvalue weighted by Gasteiger charge is 2.46. The standard InChI is InChI=1S/C20H28N2O5/c1-25-11-19(24)22-7-2-6-20(13-22)12-21(8-5-18(20)23)10-15-3-4-16-17(9-15)27-14-26-16/h3-4,9,18,23H,2,5-8,10-14H2,1H3/t18-,20-/m1/s1. The Bertz CT molecular complexity index is 697. The fourth-order valence-electron chi connectivity index (χ4n) is 4.66. The lowest BCUT2D eigenvalue weighted by molar-refractivity contribution is -0.145. The first-order chi connectivity index (χ1) is 13.1. The summed E-state index contributed by atoms with van der Waals surface area (Å²) < 4.78 is 15.9. The van der Waals surface area contributed by atoms with Crippen LogP contribution in [0.2, 0.25) is 0 Å². The van der Waals surface area contributed by atoms with Crippen molar-refractivity contribution in [3.63, 3.8) is 0 Å². The van der Waals surface area contributed by atoms with E-state index in [4.69, 9.17) is 14.2 Å². The van der Waals surface area contributed by atoms with Crippen molar-refractivity contribution in [1.29, 1.82) is 0 Å².